The van der Waals surface area contributed by atoms with Crippen LogP contribution in [0.25, 0.3) is 0 Å². The number of amidine groups is 1. The largest absolute Gasteiger partial charge is 0.497 e. The Morgan fingerprint density at radius 1 is 1.50 bits per heavy atom. The van der Waals surface area contributed by atoms with Gasteiger partial charge in [-0.3, -0.25) is 4.99 Å². The molecule has 0 aliphatic carbocycles. The third kappa shape index (κ3) is 3.90. The maximum atomic E-state index is 5.31. The first-order valence-corrected chi connectivity index (χ1v) is 7.73. The monoisotopic (exact) mass is 293 g/mol. The predicted octanol–water partition coefficient (Wildman–Crippen LogP) is 2.38. The van der Waals surface area contributed by atoms with Gasteiger partial charge in [0.05, 0.1) is 19.7 Å². The van der Waals surface area contributed by atoms with E-state index in [0.717, 1.165) is 24.0 Å². The first-order chi connectivity index (χ1) is 9.60. The van der Waals surface area contributed by atoms with Crippen LogP contribution in [0, 0.1) is 0 Å². The Hall–Kier alpha value is -1.20. The molecule has 0 fully saturated rings. The molecule has 2 unspecified atom stereocenters. The second kappa shape index (κ2) is 6.99. The zero-order valence-electron chi connectivity index (χ0n) is 12.6. The van der Waals surface area contributed by atoms with E-state index in [2.05, 4.69) is 48.4 Å². The number of thioether (sulfide) groups is 1. The average molecular weight is 293 g/mol. The molecule has 2 rings (SSSR count). The van der Waals surface area contributed by atoms with Crippen LogP contribution in [0.4, 0.5) is 0 Å². The molecule has 0 saturated heterocycles. The molecule has 2 atom stereocenters. The molecule has 4 nitrogen and oxygen atoms in total. The lowest BCUT2D eigenvalue weighted by Gasteiger charge is -2.25. The van der Waals surface area contributed by atoms with Crippen molar-refractivity contribution in [2.75, 3.05) is 34.3 Å². The standard InChI is InChI=1S/C15H23N3OS/c1-11-9-16-15(20-11)17-10-14(18(2)3)12-6-5-7-13(8-12)19-4/h5-8,11,14H,9-10H2,1-4H3,(H,16,17). The fourth-order valence-electron chi connectivity index (χ4n) is 2.21. The molecule has 0 radical (unpaired) electrons. The summed E-state index contributed by atoms with van der Waals surface area (Å²) in [6.45, 7) is 3.96. The molecule has 0 spiro atoms. The minimum absolute atomic E-state index is 0.296. The topological polar surface area (TPSA) is 36.9 Å². The second-order valence-corrected chi connectivity index (χ2v) is 6.64. The summed E-state index contributed by atoms with van der Waals surface area (Å²) in [4.78, 5) is 6.71. The van der Waals surface area contributed by atoms with Crippen LogP contribution in [0.2, 0.25) is 0 Å². The number of benzene rings is 1. The van der Waals surface area contributed by atoms with Gasteiger partial charge in [-0.1, -0.05) is 30.8 Å². The highest BCUT2D eigenvalue weighted by molar-refractivity contribution is 8.14. The Morgan fingerprint density at radius 2 is 2.30 bits per heavy atom. The van der Waals surface area contributed by atoms with Crippen molar-refractivity contribution in [2.24, 2.45) is 4.99 Å². The Balaban J connectivity index is 2.03. The molecule has 0 amide bonds. The van der Waals surface area contributed by atoms with Gasteiger partial charge in [-0.2, -0.15) is 0 Å². The highest BCUT2D eigenvalue weighted by Crippen LogP contribution is 2.23. The van der Waals surface area contributed by atoms with E-state index >= 15 is 0 Å². The van der Waals surface area contributed by atoms with Gasteiger partial charge in [0.2, 0.25) is 0 Å². The van der Waals surface area contributed by atoms with Crippen molar-refractivity contribution in [3.8, 4) is 5.75 Å². The van der Waals surface area contributed by atoms with Crippen molar-refractivity contribution in [2.45, 2.75) is 18.2 Å². The highest BCUT2D eigenvalue weighted by atomic mass is 32.2. The fourth-order valence-corrected chi connectivity index (χ4v) is 3.05. The summed E-state index contributed by atoms with van der Waals surface area (Å²) in [5, 5.41) is 5.11. The highest BCUT2D eigenvalue weighted by Gasteiger charge is 2.18. The van der Waals surface area contributed by atoms with Crippen molar-refractivity contribution in [1.29, 1.82) is 0 Å². The summed E-state index contributed by atoms with van der Waals surface area (Å²) in [6.07, 6.45) is 0. The number of likely N-dealkylation sites (N-methyl/N-ethyl adjacent to an activating group) is 1. The lowest BCUT2D eigenvalue weighted by Crippen LogP contribution is -2.33. The molecule has 1 aromatic rings. The maximum absolute atomic E-state index is 5.31. The molecule has 1 aliphatic rings. The van der Waals surface area contributed by atoms with Crippen LogP contribution in [0.1, 0.15) is 18.5 Å². The normalized spacial score (nSPS) is 19.9. The third-order valence-corrected chi connectivity index (χ3v) is 4.40. The van der Waals surface area contributed by atoms with E-state index in [1.807, 2.05) is 23.9 Å². The molecule has 1 aliphatic heterocycles. The van der Waals surface area contributed by atoms with Crippen molar-refractivity contribution in [1.82, 2.24) is 10.2 Å². The van der Waals surface area contributed by atoms with Crippen LogP contribution < -0.4 is 10.1 Å². The summed E-state index contributed by atoms with van der Waals surface area (Å²) in [6, 6.07) is 8.54. The van der Waals surface area contributed by atoms with Crippen molar-refractivity contribution < 1.29 is 4.74 Å². The van der Waals surface area contributed by atoms with E-state index in [-0.39, 0.29) is 0 Å². The van der Waals surface area contributed by atoms with Gasteiger partial charge in [0.1, 0.15) is 5.75 Å². The quantitative estimate of drug-likeness (QED) is 0.904. The first kappa shape index (κ1) is 15.2. The predicted molar refractivity (Wildman–Crippen MR) is 86.8 cm³/mol. The van der Waals surface area contributed by atoms with E-state index in [4.69, 9.17) is 4.74 Å². The number of aliphatic imine (C=N–C) groups is 1. The SMILES string of the molecule is COc1cccc(C(CNC2=NCC(C)S2)N(C)C)c1. The van der Waals surface area contributed by atoms with Gasteiger partial charge in [0.25, 0.3) is 0 Å². The average Bonchev–Trinajstić information content (AvgIpc) is 2.84. The van der Waals surface area contributed by atoms with Crippen molar-refractivity contribution in [3.05, 3.63) is 29.8 Å². The van der Waals surface area contributed by atoms with E-state index in [1.54, 1.807) is 7.11 Å². The Morgan fingerprint density at radius 3 is 2.90 bits per heavy atom. The molecule has 20 heavy (non-hydrogen) atoms. The number of hydrogen-bond donors (Lipinski definition) is 1. The molecule has 5 heteroatoms. The summed E-state index contributed by atoms with van der Waals surface area (Å²) in [5.74, 6) is 0.899. The van der Waals surface area contributed by atoms with Gasteiger partial charge in [-0.05, 0) is 31.8 Å². The first-order valence-electron chi connectivity index (χ1n) is 6.85. The van der Waals surface area contributed by atoms with Crippen LogP contribution in [-0.4, -0.2) is 49.6 Å². The number of nitrogens with zero attached hydrogens (tertiary/aromatic N) is 2. The molecule has 0 aromatic heterocycles. The smallest absolute Gasteiger partial charge is 0.156 e. The van der Waals surface area contributed by atoms with Crippen LogP contribution in [0.3, 0.4) is 0 Å². The zero-order valence-corrected chi connectivity index (χ0v) is 13.4. The van der Waals surface area contributed by atoms with Gasteiger partial charge in [-0.25, -0.2) is 0 Å². The Labute approximate surface area is 125 Å². The summed E-state index contributed by atoms with van der Waals surface area (Å²) in [5.41, 5.74) is 1.25. The van der Waals surface area contributed by atoms with Crippen LogP contribution >= 0.6 is 11.8 Å². The van der Waals surface area contributed by atoms with Crippen LogP contribution in [0.5, 0.6) is 5.75 Å². The fraction of sp³-hybridized carbons (Fsp3) is 0.533. The summed E-state index contributed by atoms with van der Waals surface area (Å²) >= 11 is 1.82. The minimum atomic E-state index is 0.296. The van der Waals surface area contributed by atoms with E-state index in [1.165, 1.54) is 5.56 Å². The molecule has 1 N–H and O–H groups in total. The number of hydrogen-bond acceptors (Lipinski definition) is 5. The molecule has 110 valence electrons. The number of rotatable bonds is 5. The summed E-state index contributed by atoms with van der Waals surface area (Å²) < 4.78 is 5.31. The second-order valence-electron chi connectivity index (χ2n) is 5.21. The van der Waals surface area contributed by atoms with Crippen molar-refractivity contribution >= 4 is 16.9 Å². The van der Waals surface area contributed by atoms with E-state index in [9.17, 15) is 0 Å². The van der Waals surface area contributed by atoms with Gasteiger partial charge in [0.15, 0.2) is 5.17 Å². The molecular weight excluding hydrogens is 270 g/mol. The van der Waals surface area contributed by atoms with E-state index in [0.29, 0.717) is 11.3 Å². The van der Waals surface area contributed by atoms with Gasteiger partial charge in [0, 0.05) is 11.8 Å². The molecule has 1 aromatic carbocycles. The lowest BCUT2D eigenvalue weighted by atomic mass is 10.1. The van der Waals surface area contributed by atoms with Gasteiger partial charge >= 0.3 is 0 Å². The minimum Gasteiger partial charge on any atom is -0.497 e. The van der Waals surface area contributed by atoms with E-state index < -0.39 is 0 Å². The van der Waals surface area contributed by atoms with Gasteiger partial charge in [-0.15, -0.1) is 0 Å². The lowest BCUT2D eigenvalue weighted by molar-refractivity contribution is 0.298. The molecule has 0 bridgehead atoms. The number of ether oxygens (including phenoxy) is 1. The molecule has 0 saturated carbocycles. The molecular formula is C15H23N3OS. The van der Waals surface area contributed by atoms with Crippen LogP contribution in [-0.2, 0) is 0 Å². The summed E-state index contributed by atoms with van der Waals surface area (Å²) in [7, 11) is 5.89. The Bertz CT molecular complexity index is 476. The van der Waals surface area contributed by atoms with Crippen LogP contribution in [0.15, 0.2) is 29.3 Å². The number of nitrogens with one attached hydrogen (secondary N) is 1. The maximum Gasteiger partial charge on any atom is 0.156 e. The Kier molecular flexibility index (Phi) is 5.31. The van der Waals surface area contributed by atoms with Gasteiger partial charge < -0.3 is 15.0 Å². The van der Waals surface area contributed by atoms with Crippen molar-refractivity contribution in [3.63, 3.8) is 0 Å². The molecule has 1 heterocycles. The third-order valence-electron chi connectivity index (χ3n) is 3.35. The zero-order chi connectivity index (χ0) is 14.5. The number of methoxy groups -OCH3 is 1.